The van der Waals surface area contributed by atoms with Crippen LogP contribution in [0.1, 0.15) is 46.0 Å². The molecule has 0 aromatic heterocycles. The lowest BCUT2D eigenvalue weighted by molar-refractivity contribution is -0.132. The predicted molar refractivity (Wildman–Crippen MR) is 67.4 cm³/mol. The number of nitrogens with one attached hydrogen (secondary N) is 1. The van der Waals surface area contributed by atoms with Crippen LogP contribution in [0.5, 0.6) is 0 Å². The van der Waals surface area contributed by atoms with Crippen molar-refractivity contribution in [3.05, 3.63) is 0 Å². The Labute approximate surface area is 99.6 Å². The molecular formula is C13H26N2O. The Morgan fingerprint density at radius 3 is 2.88 bits per heavy atom. The molecule has 0 spiro atoms. The summed E-state index contributed by atoms with van der Waals surface area (Å²) in [6, 6.07) is 0.383. The molecule has 0 bridgehead atoms. The van der Waals surface area contributed by atoms with Crippen LogP contribution in [0, 0.1) is 5.92 Å². The summed E-state index contributed by atoms with van der Waals surface area (Å²) in [4.78, 5) is 14.0. The third-order valence-corrected chi connectivity index (χ3v) is 3.62. The van der Waals surface area contributed by atoms with Crippen LogP contribution in [0.25, 0.3) is 0 Å². The largest absolute Gasteiger partial charge is 0.343 e. The second-order valence-corrected chi connectivity index (χ2v) is 5.06. The van der Waals surface area contributed by atoms with Gasteiger partial charge in [-0.15, -0.1) is 0 Å². The average molecular weight is 226 g/mol. The Hall–Kier alpha value is -0.570. The molecule has 0 saturated carbocycles. The first kappa shape index (κ1) is 13.5. The first-order valence-corrected chi connectivity index (χ1v) is 6.61. The van der Waals surface area contributed by atoms with Crippen LogP contribution >= 0.6 is 0 Å². The maximum atomic E-state index is 12.0. The van der Waals surface area contributed by atoms with Crippen LogP contribution in [0.4, 0.5) is 0 Å². The summed E-state index contributed by atoms with van der Waals surface area (Å²) in [7, 11) is 1.94. The zero-order valence-electron chi connectivity index (χ0n) is 11.0. The summed E-state index contributed by atoms with van der Waals surface area (Å²) >= 11 is 0. The highest BCUT2D eigenvalue weighted by Crippen LogP contribution is 2.16. The number of hydrogen-bond acceptors (Lipinski definition) is 2. The molecule has 0 aliphatic carbocycles. The molecule has 1 aliphatic rings. The van der Waals surface area contributed by atoms with Gasteiger partial charge in [-0.05, 0) is 45.2 Å². The van der Waals surface area contributed by atoms with Gasteiger partial charge in [0.1, 0.15) is 0 Å². The van der Waals surface area contributed by atoms with Gasteiger partial charge in [0.15, 0.2) is 0 Å². The molecule has 0 aromatic carbocycles. The van der Waals surface area contributed by atoms with E-state index in [0.717, 1.165) is 32.4 Å². The molecule has 2 atom stereocenters. The molecule has 1 fully saturated rings. The quantitative estimate of drug-likeness (QED) is 0.778. The number of carbonyl (C=O) groups excluding carboxylic acids is 1. The normalized spacial score (nSPS) is 22.8. The molecule has 0 aromatic rings. The highest BCUT2D eigenvalue weighted by molar-refractivity contribution is 5.76. The van der Waals surface area contributed by atoms with Gasteiger partial charge in [0.05, 0.1) is 0 Å². The standard InChI is InChI=1S/C13H26N2O/c1-4-6-11(2)15(3)13(16)9-12-7-5-8-14-10-12/h11-12,14H,4-10H2,1-3H3. The maximum absolute atomic E-state index is 12.0. The minimum absolute atomic E-state index is 0.314. The minimum atomic E-state index is 0.314. The van der Waals surface area contributed by atoms with Gasteiger partial charge in [-0.3, -0.25) is 4.79 Å². The zero-order valence-corrected chi connectivity index (χ0v) is 11.0. The average Bonchev–Trinajstić information content (AvgIpc) is 2.29. The molecule has 16 heavy (non-hydrogen) atoms. The lowest BCUT2D eigenvalue weighted by atomic mass is 9.95. The van der Waals surface area contributed by atoms with Crippen molar-refractivity contribution in [1.82, 2.24) is 10.2 Å². The van der Waals surface area contributed by atoms with E-state index in [9.17, 15) is 4.79 Å². The molecule has 1 amide bonds. The number of carbonyl (C=O) groups is 1. The zero-order chi connectivity index (χ0) is 12.0. The van der Waals surface area contributed by atoms with Gasteiger partial charge in [0.2, 0.25) is 5.91 Å². The molecule has 94 valence electrons. The van der Waals surface area contributed by atoms with Crippen LogP contribution in [-0.4, -0.2) is 37.0 Å². The molecule has 0 radical (unpaired) electrons. The van der Waals surface area contributed by atoms with Crippen molar-refractivity contribution in [2.45, 2.75) is 52.0 Å². The first-order valence-electron chi connectivity index (χ1n) is 6.61. The van der Waals surface area contributed by atoms with Crippen molar-refractivity contribution in [2.24, 2.45) is 5.92 Å². The van der Waals surface area contributed by atoms with Gasteiger partial charge >= 0.3 is 0 Å². The molecule has 1 N–H and O–H groups in total. The number of hydrogen-bond donors (Lipinski definition) is 1. The van der Waals surface area contributed by atoms with Gasteiger partial charge in [0.25, 0.3) is 0 Å². The van der Waals surface area contributed by atoms with Crippen LogP contribution in [0.2, 0.25) is 0 Å². The van der Waals surface area contributed by atoms with E-state index in [4.69, 9.17) is 0 Å². The lowest BCUT2D eigenvalue weighted by Gasteiger charge is -2.28. The smallest absolute Gasteiger partial charge is 0.222 e. The predicted octanol–water partition coefficient (Wildman–Crippen LogP) is 2.02. The summed E-state index contributed by atoms with van der Waals surface area (Å²) < 4.78 is 0. The molecular weight excluding hydrogens is 200 g/mol. The fraction of sp³-hybridized carbons (Fsp3) is 0.923. The monoisotopic (exact) mass is 226 g/mol. The third kappa shape index (κ3) is 4.12. The van der Waals surface area contributed by atoms with Crippen molar-refractivity contribution in [1.29, 1.82) is 0 Å². The van der Waals surface area contributed by atoms with Crippen molar-refractivity contribution in [3.63, 3.8) is 0 Å². The Kier molecular flexibility index (Phi) is 5.81. The number of rotatable bonds is 5. The number of nitrogens with zero attached hydrogens (tertiary/aromatic N) is 1. The van der Waals surface area contributed by atoms with Crippen LogP contribution in [0.15, 0.2) is 0 Å². The van der Waals surface area contributed by atoms with Crippen LogP contribution < -0.4 is 5.32 Å². The minimum Gasteiger partial charge on any atom is -0.343 e. The molecule has 1 aliphatic heterocycles. The fourth-order valence-electron chi connectivity index (χ4n) is 2.35. The molecule has 1 rings (SSSR count). The summed E-state index contributed by atoms with van der Waals surface area (Å²) in [6.45, 7) is 6.44. The first-order chi connectivity index (χ1) is 7.65. The van der Waals surface area contributed by atoms with Crippen molar-refractivity contribution < 1.29 is 4.79 Å². The van der Waals surface area contributed by atoms with Crippen LogP contribution in [-0.2, 0) is 4.79 Å². The van der Waals surface area contributed by atoms with E-state index in [2.05, 4.69) is 19.2 Å². The Morgan fingerprint density at radius 1 is 1.56 bits per heavy atom. The highest BCUT2D eigenvalue weighted by Gasteiger charge is 2.21. The van der Waals surface area contributed by atoms with Crippen molar-refractivity contribution >= 4 is 5.91 Å². The SMILES string of the molecule is CCCC(C)N(C)C(=O)CC1CCCNC1. The van der Waals surface area contributed by atoms with E-state index in [1.165, 1.54) is 12.8 Å². The van der Waals surface area contributed by atoms with Gasteiger partial charge in [-0.1, -0.05) is 13.3 Å². The molecule has 1 saturated heterocycles. The van der Waals surface area contributed by atoms with E-state index in [1.807, 2.05) is 11.9 Å². The van der Waals surface area contributed by atoms with E-state index in [0.29, 0.717) is 17.9 Å². The topological polar surface area (TPSA) is 32.3 Å². The Balaban J connectivity index is 2.32. The summed E-state index contributed by atoms with van der Waals surface area (Å²) in [6.07, 6.45) is 5.38. The van der Waals surface area contributed by atoms with Gasteiger partial charge in [-0.25, -0.2) is 0 Å². The number of piperidine rings is 1. The second-order valence-electron chi connectivity index (χ2n) is 5.06. The van der Waals surface area contributed by atoms with Gasteiger partial charge < -0.3 is 10.2 Å². The highest BCUT2D eigenvalue weighted by atomic mass is 16.2. The van der Waals surface area contributed by atoms with E-state index < -0.39 is 0 Å². The van der Waals surface area contributed by atoms with E-state index in [-0.39, 0.29) is 0 Å². The summed E-state index contributed by atoms with van der Waals surface area (Å²) in [5.41, 5.74) is 0. The molecule has 3 heteroatoms. The van der Waals surface area contributed by atoms with Crippen LogP contribution in [0.3, 0.4) is 0 Å². The molecule has 1 heterocycles. The van der Waals surface area contributed by atoms with Crippen molar-refractivity contribution in [2.75, 3.05) is 20.1 Å². The molecule has 3 nitrogen and oxygen atoms in total. The third-order valence-electron chi connectivity index (χ3n) is 3.62. The number of amides is 1. The Morgan fingerprint density at radius 2 is 2.31 bits per heavy atom. The summed E-state index contributed by atoms with van der Waals surface area (Å²) in [5.74, 6) is 0.868. The van der Waals surface area contributed by atoms with Gasteiger partial charge in [-0.2, -0.15) is 0 Å². The molecule has 2 unspecified atom stereocenters. The Bertz CT molecular complexity index is 212. The van der Waals surface area contributed by atoms with Crippen molar-refractivity contribution in [3.8, 4) is 0 Å². The fourth-order valence-corrected chi connectivity index (χ4v) is 2.35. The lowest BCUT2D eigenvalue weighted by Crippen LogP contribution is -2.38. The summed E-state index contributed by atoms with van der Waals surface area (Å²) in [5, 5.41) is 3.36. The van der Waals surface area contributed by atoms with E-state index in [1.54, 1.807) is 0 Å². The second kappa shape index (κ2) is 6.89. The van der Waals surface area contributed by atoms with Gasteiger partial charge in [0, 0.05) is 19.5 Å². The van der Waals surface area contributed by atoms with E-state index >= 15 is 0 Å². The maximum Gasteiger partial charge on any atom is 0.222 e.